The van der Waals surface area contributed by atoms with Gasteiger partial charge in [-0.25, -0.2) is 4.57 Å². The quantitative estimate of drug-likeness (QED) is 0.0214. The zero-order valence-electron chi connectivity index (χ0n) is 36.6. The predicted molar refractivity (Wildman–Crippen MR) is 233 cm³/mol. The van der Waals surface area contributed by atoms with Crippen LogP contribution in [0.5, 0.6) is 0 Å². The summed E-state index contributed by atoms with van der Waals surface area (Å²) < 4.78 is 34.3. The molecule has 0 aromatic carbocycles. The van der Waals surface area contributed by atoms with Crippen molar-refractivity contribution >= 4 is 19.8 Å². The maximum Gasteiger partial charge on any atom is 0.472 e. The number of rotatable bonds is 40. The van der Waals surface area contributed by atoms with E-state index in [-0.39, 0.29) is 32.0 Å². The lowest BCUT2D eigenvalue weighted by atomic mass is 10.0. The summed E-state index contributed by atoms with van der Waals surface area (Å²) in [5, 5.41) is 0. The third-order valence-corrected chi connectivity index (χ3v) is 10.4. The van der Waals surface area contributed by atoms with Crippen LogP contribution in [-0.2, 0) is 32.7 Å². The minimum atomic E-state index is -4.38. The summed E-state index contributed by atoms with van der Waals surface area (Å²) in [6.07, 6.45) is 44.4. The monoisotopic (exact) mass is 811 g/mol. The van der Waals surface area contributed by atoms with Crippen LogP contribution in [-0.4, -0.2) is 74.9 Å². The number of nitrogens with zero attached hydrogens (tertiary/aromatic N) is 1. The lowest BCUT2D eigenvalue weighted by molar-refractivity contribution is -0.870. The molecule has 1 N–H and O–H groups in total. The van der Waals surface area contributed by atoms with E-state index >= 15 is 0 Å². The van der Waals surface area contributed by atoms with Gasteiger partial charge in [-0.2, -0.15) is 0 Å². The summed E-state index contributed by atoms with van der Waals surface area (Å²) in [6, 6.07) is 0. The third-order valence-electron chi connectivity index (χ3n) is 9.37. The molecule has 0 bridgehead atoms. The number of likely N-dealkylation sites (N-methyl/N-ethyl adjacent to an activating group) is 1. The van der Waals surface area contributed by atoms with Crippen LogP contribution in [0.15, 0.2) is 48.6 Å². The standard InChI is InChI=1S/C46H84NO8P/c1-6-8-10-12-14-16-18-20-22-23-25-27-29-31-33-35-37-39-46(49)55-44(43-54-56(50,51)53-41-40-47(3,4)5)42-52-45(48)38-36-34-32-30-28-26-24-21-19-17-15-13-11-9-7-2/h8,10,14,16,20,22,25,27,44H,6-7,9,11-13,15,17-19,21,23-24,26,28-43H2,1-5H3/p+1/b10-8-,16-14-,22-20-,27-25-/t44-/m1/s1. The minimum absolute atomic E-state index is 0.0260. The molecule has 0 aromatic rings. The summed E-state index contributed by atoms with van der Waals surface area (Å²) in [5.41, 5.74) is 0. The van der Waals surface area contributed by atoms with Gasteiger partial charge in [-0.15, -0.1) is 0 Å². The molecule has 0 amide bonds. The maximum atomic E-state index is 12.7. The average Bonchev–Trinajstić information content (AvgIpc) is 3.15. The normalized spacial score (nSPS) is 14.0. The molecule has 1 unspecified atom stereocenters. The average molecular weight is 811 g/mol. The van der Waals surface area contributed by atoms with Gasteiger partial charge in [0.25, 0.3) is 0 Å². The molecule has 10 heteroatoms. The number of hydrogen-bond acceptors (Lipinski definition) is 7. The van der Waals surface area contributed by atoms with E-state index in [4.69, 9.17) is 18.5 Å². The molecule has 56 heavy (non-hydrogen) atoms. The summed E-state index contributed by atoms with van der Waals surface area (Å²) >= 11 is 0. The Morgan fingerprint density at radius 3 is 1.52 bits per heavy atom. The molecule has 2 atom stereocenters. The number of carbonyl (C=O) groups excluding carboxylic acids is 2. The van der Waals surface area contributed by atoms with E-state index in [1.807, 2.05) is 21.1 Å². The van der Waals surface area contributed by atoms with Crippen molar-refractivity contribution in [2.45, 2.75) is 187 Å². The second-order valence-corrected chi connectivity index (χ2v) is 17.5. The molecule has 0 aromatic heterocycles. The van der Waals surface area contributed by atoms with Crippen LogP contribution < -0.4 is 0 Å². The molecular weight excluding hydrogens is 725 g/mol. The number of quaternary nitrogens is 1. The smallest absolute Gasteiger partial charge is 0.462 e. The maximum absolute atomic E-state index is 12.7. The van der Waals surface area contributed by atoms with Gasteiger partial charge >= 0.3 is 19.8 Å². The van der Waals surface area contributed by atoms with Gasteiger partial charge < -0.3 is 18.9 Å². The Balaban J connectivity index is 4.39. The molecule has 0 saturated carbocycles. The van der Waals surface area contributed by atoms with Gasteiger partial charge in [0.15, 0.2) is 6.10 Å². The molecule has 0 rings (SSSR count). The zero-order valence-corrected chi connectivity index (χ0v) is 37.5. The van der Waals surface area contributed by atoms with Gasteiger partial charge in [0, 0.05) is 12.8 Å². The van der Waals surface area contributed by atoms with E-state index in [9.17, 15) is 19.0 Å². The lowest BCUT2D eigenvalue weighted by Crippen LogP contribution is -2.37. The van der Waals surface area contributed by atoms with Crippen molar-refractivity contribution in [1.82, 2.24) is 0 Å². The Morgan fingerprint density at radius 1 is 0.571 bits per heavy atom. The van der Waals surface area contributed by atoms with Crippen LogP contribution in [0, 0.1) is 0 Å². The van der Waals surface area contributed by atoms with Gasteiger partial charge in [-0.1, -0.05) is 165 Å². The first-order valence-electron chi connectivity index (χ1n) is 22.4. The molecule has 9 nitrogen and oxygen atoms in total. The Morgan fingerprint density at radius 2 is 1.02 bits per heavy atom. The second kappa shape index (κ2) is 38.5. The van der Waals surface area contributed by atoms with Gasteiger partial charge in [0.1, 0.15) is 19.8 Å². The fraction of sp³-hybridized carbons (Fsp3) is 0.783. The van der Waals surface area contributed by atoms with Crippen molar-refractivity contribution in [3.63, 3.8) is 0 Å². The van der Waals surface area contributed by atoms with Gasteiger partial charge in [0.2, 0.25) is 0 Å². The molecule has 0 spiro atoms. The van der Waals surface area contributed by atoms with E-state index in [2.05, 4.69) is 62.5 Å². The first kappa shape index (κ1) is 54.0. The predicted octanol–water partition coefficient (Wildman–Crippen LogP) is 12.7. The van der Waals surface area contributed by atoms with Crippen molar-refractivity contribution in [3.8, 4) is 0 Å². The van der Waals surface area contributed by atoms with Crippen LogP contribution in [0.2, 0.25) is 0 Å². The summed E-state index contributed by atoms with van der Waals surface area (Å²) in [4.78, 5) is 35.4. The number of unbranched alkanes of at least 4 members (excludes halogenated alkanes) is 18. The van der Waals surface area contributed by atoms with E-state index in [0.717, 1.165) is 70.6 Å². The molecule has 326 valence electrons. The van der Waals surface area contributed by atoms with Crippen LogP contribution in [0.3, 0.4) is 0 Å². The van der Waals surface area contributed by atoms with Crippen molar-refractivity contribution < 1.29 is 42.1 Å². The Kier molecular flexibility index (Phi) is 37.1. The Bertz CT molecular complexity index is 1100. The number of ether oxygens (including phenoxy) is 2. The summed E-state index contributed by atoms with van der Waals surface area (Å²) in [5.74, 6) is -0.824. The van der Waals surface area contributed by atoms with Crippen molar-refractivity contribution in [2.24, 2.45) is 0 Å². The molecule has 0 fully saturated rings. The van der Waals surface area contributed by atoms with Gasteiger partial charge in [-0.05, 0) is 51.4 Å². The van der Waals surface area contributed by atoms with E-state index in [0.29, 0.717) is 17.4 Å². The first-order chi connectivity index (χ1) is 27.0. The highest BCUT2D eigenvalue weighted by atomic mass is 31.2. The molecular formula is C46H85NO8P+. The zero-order chi connectivity index (χ0) is 41.4. The number of esters is 2. The summed E-state index contributed by atoms with van der Waals surface area (Å²) in [7, 11) is 1.46. The number of phosphoric ester groups is 1. The summed E-state index contributed by atoms with van der Waals surface area (Å²) in [6.45, 7) is 4.28. The second-order valence-electron chi connectivity index (χ2n) is 16.1. The highest BCUT2D eigenvalue weighted by molar-refractivity contribution is 7.47. The largest absolute Gasteiger partial charge is 0.472 e. The molecule has 0 heterocycles. The number of carbonyl (C=O) groups is 2. The van der Waals surface area contributed by atoms with Crippen LogP contribution >= 0.6 is 7.82 Å². The molecule has 0 aliphatic heterocycles. The van der Waals surface area contributed by atoms with Crippen molar-refractivity contribution in [3.05, 3.63) is 48.6 Å². The highest BCUT2D eigenvalue weighted by Crippen LogP contribution is 2.43. The van der Waals surface area contributed by atoms with Crippen LogP contribution in [0.1, 0.15) is 181 Å². The Hall–Kier alpha value is -2.03. The van der Waals surface area contributed by atoms with Crippen LogP contribution in [0.4, 0.5) is 0 Å². The Labute approximate surface area is 343 Å². The van der Waals surface area contributed by atoms with Crippen molar-refractivity contribution in [2.75, 3.05) is 47.5 Å². The minimum Gasteiger partial charge on any atom is -0.462 e. The number of phosphoric acid groups is 1. The lowest BCUT2D eigenvalue weighted by Gasteiger charge is -2.24. The van der Waals surface area contributed by atoms with E-state index in [1.54, 1.807) is 0 Å². The number of allylic oxidation sites excluding steroid dienone is 8. The molecule has 0 saturated heterocycles. The third kappa shape index (κ3) is 41.6. The van der Waals surface area contributed by atoms with Crippen molar-refractivity contribution in [1.29, 1.82) is 0 Å². The highest BCUT2D eigenvalue weighted by Gasteiger charge is 2.27. The molecule has 0 radical (unpaired) electrons. The van der Waals surface area contributed by atoms with E-state index in [1.165, 1.54) is 77.0 Å². The van der Waals surface area contributed by atoms with Gasteiger partial charge in [0.05, 0.1) is 27.7 Å². The molecule has 0 aliphatic carbocycles. The van der Waals surface area contributed by atoms with Gasteiger partial charge in [-0.3, -0.25) is 18.6 Å². The van der Waals surface area contributed by atoms with Crippen LogP contribution in [0.25, 0.3) is 0 Å². The van der Waals surface area contributed by atoms with E-state index < -0.39 is 26.5 Å². The SMILES string of the molecule is CC/C=C\C/C=C\C/C=C\C/C=C\CCCCCCC(=O)O[C@H](COC(=O)CCCCCCCCCCCCCCCCC)COP(=O)(O)OCC[N+](C)(C)C. The number of hydrogen-bond donors (Lipinski definition) is 1. The molecule has 0 aliphatic rings. The fourth-order valence-electron chi connectivity index (χ4n) is 5.89. The topological polar surface area (TPSA) is 108 Å². The fourth-order valence-corrected chi connectivity index (χ4v) is 6.63. The first-order valence-corrected chi connectivity index (χ1v) is 23.9.